The summed E-state index contributed by atoms with van der Waals surface area (Å²) < 4.78 is 13.3. The molecule has 1 saturated carbocycles. The van der Waals surface area contributed by atoms with Crippen LogP contribution in [0.3, 0.4) is 0 Å². The molecule has 0 aromatic heterocycles. The highest BCUT2D eigenvalue weighted by Crippen LogP contribution is 2.50. The quantitative estimate of drug-likeness (QED) is 0.610. The van der Waals surface area contributed by atoms with Gasteiger partial charge in [0.25, 0.3) is 0 Å². The van der Waals surface area contributed by atoms with Crippen molar-refractivity contribution < 1.29 is 9.47 Å². The second-order valence-electron chi connectivity index (χ2n) is 9.87. The van der Waals surface area contributed by atoms with E-state index in [1.54, 1.807) is 0 Å². The molecule has 4 nitrogen and oxygen atoms in total. The van der Waals surface area contributed by atoms with Crippen LogP contribution in [-0.4, -0.2) is 24.0 Å². The first-order valence-electron chi connectivity index (χ1n) is 12.0. The number of fused-ring (bicyclic) bond motifs is 6. The smallest absolute Gasteiger partial charge is 0.200 e. The number of hydrogen-bond donors (Lipinski definition) is 0. The molecule has 3 aliphatic carbocycles. The fourth-order valence-corrected chi connectivity index (χ4v) is 6.52. The van der Waals surface area contributed by atoms with Gasteiger partial charge in [-0.25, -0.2) is 9.98 Å². The maximum Gasteiger partial charge on any atom is 0.200 e. The van der Waals surface area contributed by atoms with Crippen LogP contribution in [0.4, 0.5) is 0 Å². The van der Waals surface area contributed by atoms with Gasteiger partial charge in [-0.1, -0.05) is 74.2 Å². The summed E-state index contributed by atoms with van der Waals surface area (Å²) in [6.07, 6.45) is 9.15. The molecule has 31 heavy (non-hydrogen) atoms. The fourth-order valence-electron chi connectivity index (χ4n) is 6.52. The fraction of sp³-hybridized carbons (Fsp3) is 0.481. The highest BCUT2D eigenvalue weighted by molar-refractivity contribution is 6.06. The predicted molar refractivity (Wildman–Crippen MR) is 121 cm³/mol. The van der Waals surface area contributed by atoms with Crippen molar-refractivity contribution in [3.05, 3.63) is 70.8 Å². The minimum Gasteiger partial charge on any atom is -0.474 e. The Balaban J connectivity index is 1.29. The SMILES string of the molecule is c1ccc2c(c1)C[C@H]1OC(C3(C4=N[C@H]5c6ccccc6C[C@H]5O4)CCCCCC3)=N[C@@H]21. The van der Waals surface area contributed by atoms with Crippen LogP contribution in [0.2, 0.25) is 0 Å². The first-order chi connectivity index (χ1) is 15.3. The van der Waals surface area contributed by atoms with Crippen molar-refractivity contribution >= 4 is 11.8 Å². The molecule has 2 aliphatic heterocycles. The van der Waals surface area contributed by atoms with Gasteiger partial charge in [-0.05, 0) is 35.1 Å². The van der Waals surface area contributed by atoms with Crippen molar-refractivity contribution in [1.82, 2.24) is 0 Å². The molecule has 4 atom stereocenters. The lowest BCUT2D eigenvalue weighted by Crippen LogP contribution is -2.41. The third-order valence-corrected chi connectivity index (χ3v) is 8.11. The summed E-state index contributed by atoms with van der Waals surface area (Å²) in [5, 5.41) is 0. The van der Waals surface area contributed by atoms with Crippen LogP contribution in [0.5, 0.6) is 0 Å². The molecule has 0 bridgehead atoms. The molecule has 1 fully saturated rings. The van der Waals surface area contributed by atoms with Gasteiger partial charge in [0.05, 0.1) is 0 Å². The zero-order valence-corrected chi connectivity index (χ0v) is 17.8. The molecule has 0 unspecified atom stereocenters. The topological polar surface area (TPSA) is 43.2 Å². The van der Waals surface area contributed by atoms with Gasteiger partial charge in [-0.3, -0.25) is 0 Å². The number of rotatable bonds is 2. The Morgan fingerprint density at radius 3 is 1.65 bits per heavy atom. The van der Waals surface area contributed by atoms with Gasteiger partial charge in [0, 0.05) is 12.8 Å². The van der Waals surface area contributed by atoms with Crippen molar-refractivity contribution in [2.24, 2.45) is 15.4 Å². The summed E-state index contributed by atoms with van der Waals surface area (Å²) in [5.41, 5.74) is 5.17. The van der Waals surface area contributed by atoms with E-state index >= 15 is 0 Å². The first kappa shape index (κ1) is 18.0. The Labute approximate surface area is 183 Å². The number of ether oxygens (including phenoxy) is 2. The lowest BCUT2D eigenvalue weighted by Gasteiger charge is -2.32. The van der Waals surface area contributed by atoms with Crippen LogP contribution in [0.25, 0.3) is 0 Å². The van der Waals surface area contributed by atoms with Gasteiger partial charge >= 0.3 is 0 Å². The average molecular weight is 413 g/mol. The van der Waals surface area contributed by atoms with Crippen LogP contribution >= 0.6 is 0 Å². The zero-order valence-electron chi connectivity index (χ0n) is 17.8. The molecule has 158 valence electrons. The molecule has 0 spiro atoms. The van der Waals surface area contributed by atoms with E-state index < -0.39 is 0 Å². The van der Waals surface area contributed by atoms with Gasteiger partial charge in [0.15, 0.2) is 11.8 Å². The van der Waals surface area contributed by atoms with Crippen molar-refractivity contribution in [3.8, 4) is 0 Å². The van der Waals surface area contributed by atoms with E-state index in [1.165, 1.54) is 47.9 Å². The van der Waals surface area contributed by atoms with Crippen molar-refractivity contribution in [2.75, 3.05) is 0 Å². The molecule has 2 aromatic rings. The van der Waals surface area contributed by atoms with E-state index in [1.807, 2.05) is 0 Å². The minimum absolute atomic E-state index is 0.133. The first-order valence-corrected chi connectivity index (χ1v) is 12.0. The van der Waals surface area contributed by atoms with Gasteiger partial charge in [-0.2, -0.15) is 0 Å². The minimum atomic E-state index is -0.283. The van der Waals surface area contributed by atoms with E-state index in [4.69, 9.17) is 19.5 Å². The molecule has 7 rings (SSSR count). The Hall–Kier alpha value is -2.62. The molecule has 0 radical (unpaired) electrons. The third-order valence-electron chi connectivity index (χ3n) is 8.11. The maximum absolute atomic E-state index is 6.66. The van der Waals surface area contributed by atoms with Crippen LogP contribution in [0, 0.1) is 5.41 Å². The summed E-state index contributed by atoms with van der Waals surface area (Å²) >= 11 is 0. The van der Waals surface area contributed by atoms with Crippen molar-refractivity contribution in [1.29, 1.82) is 0 Å². The Morgan fingerprint density at radius 1 is 0.645 bits per heavy atom. The normalized spacial score (nSPS) is 32.0. The Morgan fingerprint density at radius 2 is 1.13 bits per heavy atom. The monoisotopic (exact) mass is 412 g/mol. The molecule has 2 aromatic carbocycles. The van der Waals surface area contributed by atoms with Crippen LogP contribution in [-0.2, 0) is 22.3 Å². The number of nitrogens with zero attached hydrogens (tertiary/aromatic N) is 2. The number of aliphatic imine (C=N–C) groups is 2. The summed E-state index contributed by atoms with van der Waals surface area (Å²) in [6.45, 7) is 0. The van der Waals surface area contributed by atoms with Crippen molar-refractivity contribution in [3.63, 3.8) is 0 Å². The molecule has 2 heterocycles. The number of benzene rings is 2. The van der Waals surface area contributed by atoms with Gasteiger partial charge < -0.3 is 9.47 Å². The molecular weight excluding hydrogens is 384 g/mol. The van der Waals surface area contributed by atoms with E-state index in [2.05, 4.69) is 48.5 Å². The second-order valence-corrected chi connectivity index (χ2v) is 9.87. The second kappa shape index (κ2) is 6.69. The molecule has 0 saturated heterocycles. The predicted octanol–water partition coefficient (Wildman–Crippen LogP) is 5.52. The Bertz CT molecular complexity index is 1020. The lowest BCUT2D eigenvalue weighted by molar-refractivity contribution is 0.157. The van der Waals surface area contributed by atoms with E-state index in [0.29, 0.717) is 0 Å². The van der Waals surface area contributed by atoms with Crippen LogP contribution in [0.1, 0.15) is 72.9 Å². The van der Waals surface area contributed by atoms with Gasteiger partial charge in [0.2, 0.25) is 0 Å². The molecule has 0 amide bonds. The molecular formula is C27H28N2O2. The summed E-state index contributed by atoms with van der Waals surface area (Å²) in [5.74, 6) is 1.82. The molecule has 0 N–H and O–H groups in total. The summed E-state index contributed by atoms with van der Waals surface area (Å²) in [6, 6.07) is 17.6. The highest BCUT2D eigenvalue weighted by atomic mass is 16.5. The van der Waals surface area contributed by atoms with E-state index in [9.17, 15) is 0 Å². The van der Waals surface area contributed by atoms with Gasteiger partial charge in [0.1, 0.15) is 29.7 Å². The average Bonchev–Trinajstić information content (AvgIpc) is 3.50. The maximum atomic E-state index is 6.66. The molecule has 5 aliphatic rings. The van der Waals surface area contributed by atoms with Crippen LogP contribution in [0.15, 0.2) is 58.5 Å². The van der Waals surface area contributed by atoms with Crippen molar-refractivity contribution in [2.45, 2.75) is 75.7 Å². The highest BCUT2D eigenvalue weighted by Gasteiger charge is 2.54. The third kappa shape index (κ3) is 2.60. The van der Waals surface area contributed by atoms with Crippen LogP contribution < -0.4 is 0 Å². The lowest BCUT2D eigenvalue weighted by atomic mass is 9.79. The van der Waals surface area contributed by atoms with Gasteiger partial charge in [-0.15, -0.1) is 0 Å². The standard InChI is InChI=1S/C27H28N2O2/c1-2-8-14-27(13-7-1,25-28-23-19-11-5-3-9-17(19)15-21(23)30-25)26-29-24-20-12-6-4-10-18(20)16-22(24)31-26/h3-6,9-12,21-24H,1-2,7-8,13-16H2/t21-,22-,23+,24+/m1/s1. The largest absolute Gasteiger partial charge is 0.474 e. The zero-order chi connectivity index (χ0) is 20.4. The number of hydrogen-bond acceptors (Lipinski definition) is 4. The van der Waals surface area contributed by atoms with E-state index in [-0.39, 0.29) is 29.7 Å². The van der Waals surface area contributed by atoms with E-state index in [0.717, 1.165) is 37.5 Å². The summed E-state index contributed by atoms with van der Waals surface area (Å²) in [4.78, 5) is 10.5. The summed E-state index contributed by atoms with van der Waals surface area (Å²) in [7, 11) is 0. The molecule has 4 heteroatoms. The Kier molecular flexibility index (Phi) is 3.88.